The van der Waals surface area contributed by atoms with Crippen molar-refractivity contribution in [1.29, 1.82) is 0 Å². The van der Waals surface area contributed by atoms with E-state index in [0.717, 1.165) is 5.69 Å². The van der Waals surface area contributed by atoms with Gasteiger partial charge in [-0.15, -0.1) is 0 Å². The van der Waals surface area contributed by atoms with Crippen LogP contribution in [0.4, 0.5) is 5.82 Å². The van der Waals surface area contributed by atoms with Gasteiger partial charge in [0.05, 0.1) is 6.04 Å². The number of nitrogens with zero attached hydrogens (tertiary/aromatic N) is 1. The topological polar surface area (TPSA) is 97.1 Å². The first-order valence-corrected chi connectivity index (χ1v) is 6.61. The number of anilines is 1. The zero-order valence-corrected chi connectivity index (χ0v) is 12.0. The maximum Gasteiger partial charge on any atom is 0.251 e. The van der Waals surface area contributed by atoms with Gasteiger partial charge in [0.25, 0.3) is 5.91 Å². The molecule has 2 heterocycles. The predicted molar refractivity (Wildman–Crippen MR) is 76.2 cm³/mol. The van der Waals surface area contributed by atoms with E-state index >= 15 is 0 Å². The van der Waals surface area contributed by atoms with Gasteiger partial charge in [-0.25, -0.2) is 4.98 Å². The minimum absolute atomic E-state index is 0.0417. The van der Waals surface area contributed by atoms with Gasteiger partial charge in [-0.1, -0.05) is 20.8 Å². The summed E-state index contributed by atoms with van der Waals surface area (Å²) in [5.74, 6) is 0.0502. The first-order valence-electron chi connectivity index (χ1n) is 6.61. The molecule has 2 rings (SSSR count). The van der Waals surface area contributed by atoms with Crippen molar-refractivity contribution in [1.82, 2.24) is 15.6 Å². The van der Waals surface area contributed by atoms with Gasteiger partial charge >= 0.3 is 0 Å². The van der Waals surface area contributed by atoms with Gasteiger partial charge in [0.1, 0.15) is 5.82 Å². The fourth-order valence-electron chi connectivity index (χ4n) is 2.04. The molecule has 1 atom stereocenters. The molecule has 4 N–H and O–H groups in total. The number of rotatable bonds is 2. The molecule has 1 fully saturated rings. The molecule has 0 aromatic carbocycles. The Morgan fingerprint density at radius 3 is 2.70 bits per heavy atom. The molecule has 1 saturated heterocycles. The standard InChI is InChI=1S/C14H20N4O2/c1-14(2,3)10-4-8(5-11(15)18-10)13(20)17-9-6-12(19)16-7-9/h4-5,9H,6-7H2,1-3H3,(H2,15,18)(H,16,19)(H,17,20). The number of nitrogen functional groups attached to an aromatic ring is 1. The molecule has 1 aliphatic heterocycles. The van der Waals surface area contributed by atoms with Crippen molar-refractivity contribution in [2.45, 2.75) is 38.6 Å². The molecule has 0 bridgehead atoms. The third kappa shape index (κ3) is 3.26. The van der Waals surface area contributed by atoms with E-state index in [1.54, 1.807) is 12.1 Å². The largest absolute Gasteiger partial charge is 0.384 e. The van der Waals surface area contributed by atoms with Gasteiger partial charge in [0.2, 0.25) is 5.91 Å². The van der Waals surface area contributed by atoms with Crippen LogP contribution in [0.1, 0.15) is 43.2 Å². The van der Waals surface area contributed by atoms with E-state index in [2.05, 4.69) is 15.6 Å². The van der Waals surface area contributed by atoms with Crippen molar-refractivity contribution in [3.63, 3.8) is 0 Å². The zero-order chi connectivity index (χ0) is 14.9. The number of aromatic nitrogens is 1. The number of hydrogen-bond donors (Lipinski definition) is 3. The van der Waals surface area contributed by atoms with E-state index in [0.29, 0.717) is 24.3 Å². The summed E-state index contributed by atoms with van der Waals surface area (Å²) in [6.07, 6.45) is 0.318. The van der Waals surface area contributed by atoms with Crippen LogP contribution in [-0.4, -0.2) is 29.4 Å². The van der Waals surface area contributed by atoms with Crippen molar-refractivity contribution in [2.24, 2.45) is 0 Å². The zero-order valence-electron chi connectivity index (χ0n) is 12.0. The van der Waals surface area contributed by atoms with Crippen molar-refractivity contribution in [3.8, 4) is 0 Å². The molecule has 0 aliphatic carbocycles. The predicted octanol–water partition coefficient (Wildman–Crippen LogP) is 0.580. The summed E-state index contributed by atoms with van der Waals surface area (Å²) in [5.41, 5.74) is 6.82. The Labute approximate surface area is 118 Å². The van der Waals surface area contributed by atoms with Crippen LogP contribution >= 0.6 is 0 Å². The van der Waals surface area contributed by atoms with Crippen LogP contribution in [0.2, 0.25) is 0 Å². The number of nitrogens with one attached hydrogen (secondary N) is 2. The fourth-order valence-corrected chi connectivity index (χ4v) is 2.04. The molecular weight excluding hydrogens is 256 g/mol. The Kier molecular flexibility index (Phi) is 3.65. The Bertz CT molecular complexity index is 549. The van der Waals surface area contributed by atoms with Crippen LogP contribution in [0.25, 0.3) is 0 Å². The maximum atomic E-state index is 12.2. The minimum Gasteiger partial charge on any atom is -0.384 e. The van der Waals surface area contributed by atoms with E-state index in [-0.39, 0.29) is 23.3 Å². The molecule has 1 unspecified atom stereocenters. The summed E-state index contributed by atoms with van der Waals surface area (Å²) in [6, 6.07) is 3.13. The Morgan fingerprint density at radius 1 is 1.45 bits per heavy atom. The second-order valence-electron chi connectivity index (χ2n) is 6.09. The third-order valence-electron chi connectivity index (χ3n) is 3.19. The van der Waals surface area contributed by atoms with Crippen LogP contribution in [0.5, 0.6) is 0 Å². The SMILES string of the molecule is CC(C)(C)c1cc(C(=O)NC2CNC(=O)C2)cc(N)n1. The number of amides is 2. The summed E-state index contributed by atoms with van der Waals surface area (Å²) in [5, 5.41) is 5.51. The lowest BCUT2D eigenvalue weighted by molar-refractivity contribution is -0.119. The number of hydrogen-bond acceptors (Lipinski definition) is 4. The highest BCUT2D eigenvalue weighted by atomic mass is 16.2. The van der Waals surface area contributed by atoms with Crippen molar-refractivity contribution in [3.05, 3.63) is 23.4 Å². The lowest BCUT2D eigenvalue weighted by Gasteiger charge is -2.19. The number of nitrogens with two attached hydrogens (primary N) is 1. The van der Waals surface area contributed by atoms with Gasteiger partial charge in [-0.05, 0) is 12.1 Å². The quantitative estimate of drug-likeness (QED) is 0.736. The average Bonchev–Trinajstić information content (AvgIpc) is 2.72. The van der Waals surface area contributed by atoms with Crippen LogP contribution in [0, 0.1) is 0 Å². The minimum atomic E-state index is -0.230. The van der Waals surface area contributed by atoms with Gasteiger partial charge in [-0.3, -0.25) is 9.59 Å². The second-order valence-corrected chi connectivity index (χ2v) is 6.09. The molecule has 6 heteroatoms. The first kappa shape index (κ1) is 14.3. The molecule has 1 aliphatic rings. The molecule has 0 radical (unpaired) electrons. The molecule has 20 heavy (non-hydrogen) atoms. The monoisotopic (exact) mass is 276 g/mol. The summed E-state index contributed by atoms with van der Waals surface area (Å²) in [6.45, 7) is 6.50. The molecule has 0 saturated carbocycles. The summed E-state index contributed by atoms with van der Waals surface area (Å²) in [4.78, 5) is 27.6. The van der Waals surface area contributed by atoms with Crippen LogP contribution < -0.4 is 16.4 Å². The first-order chi connectivity index (χ1) is 9.25. The van der Waals surface area contributed by atoms with Gasteiger partial charge in [-0.2, -0.15) is 0 Å². The molecule has 108 valence electrons. The molecule has 2 amide bonds. The van der Waals surface area contributed by atoms with E-state index in [1.165, 1.54) is 0 Å². The normalized spacial score (nSPS) is 18.8. The number of carbonyl (C=O) groups is 2. The average molecular weight is 276 g/mol. The second kappa shape index (κ2) is 5.11. The van der Waals surface area contributed by atoms with Crippen molar-refractivity contribution < 1.29 is 9.59 Å². The van der Waals surface area contributed by atoms with Crippen LogP contribution in [0.3, 0.4) is 0 Å². The van der Waals surface area contributed by atoms with E-state index < -0.39 is 0 Å². The molecule has 1 aromatic heterocycles. The van der Waals surface area contributed by atoms with Crippen LogP contribution in [-0.2, 0) is 10.2 Å². The molecule has 1 aromatic rings. The lowest BCUT2D eigenvalue weighted by atomic mass is 9.90. The van der Waals surface area contributed by atoms with Crippen molar-refractivity contribution >= 4 is 17.6 Å². The molecule has 0 spiro atoms. The van der Waals surface area contributed by atoms with Gasteiger partial charge in [0.15, 0.2) is 0 Å². The van der Waals surface area contributed by atoms with E-state index in [9.17, 15) is 9.59 Å². The molecular formula is C14H20N4O2. The third-order valence-corrected chi connectivity index (χ3v) is 3.19. The highest BCUT2D eigenvalue weighted by Gasteiger charge is 2.24. The fraction of sp³-hybridized carbons (Fsp3) is 0.500. The van der Waals surface area contributed by atoms with Crippen LogP contribution in [0.15, 0.2) is 12.1 Å². The number of pyridine rings is 1. The van der Waals surface area contributed by atoms with E-state index in [4.69, 9.17) is 5.73 Å². The van der Waals surface area contributed by atoms with Gasteiger partial charge in [0, 0.05) is 29.6 Å². The lowest BCUT2D eigenvalue weighted by Crippen LogP contribution is -2.36. The maximum absolute atomic E-state index is 12.2. The Hall–Kier alpha value is -2.11. The highest BCUT2D eigenvalue weighted by Crippen LogP contribution is 2.22. The summed E-state index contributed by atoms with van der Waals surface area (Å²) in [7, 11) is 0. The summed E-state index contributed by atoms with van der Waals surface area (Å²) < 4.78 is 0. The smallest absolute Gasteiger partial charge is 0.251 e. The summed E-state index contributed by atoms with van der Waals surface area (Å²) >= 11 is 0. The van der Waals surface area contributed by atoms with Crippen molar-refractivity contribution in [2.75, 3.05) is 12.3 Å². The van der Waals surface area contributed by atoms with Gasteiger partial charge < -0.3 is 16.4 Å². The Morgan fingerprint density at radius 2 is 2.15 bits per heavy atom. The highest BCUT2D eigenvalue weighted by molar-refractivity contribution is 5.95. The Balaban J connectivity index is 2.17. The van der Waals surface area contributed by atoms with E-state index in [1.807, 2.05) is 20.8 Å². The molecule has 6 nitrogen and oxygen atoms in total. The number of carbonyl (C=O) groups excluding carboxylic acids is 2.